The standard InChI is InChI=1S/C28H30F3N3O/c1-4-17(3)18-11-16(2)12-19(13-18)21-9-10-32-15-26(21)34-28(35)25-8-7-23(30)27(33-25)22-6-5-20(29)14-24(22)31/h5-10,14-19H,4,11-13H2,1-3H3,(H,34,35). The minimum absolute atomic E-state index is 0.0746. The summed E-state index contributed by atoms with van der Waals surface area (Å²) in [6, 6.07) is 7.03. The van der Waals surface area contributed by atoms with Crippen LogP contribution < -0.4 is 5.32 Å². The van der Waals surface area contributed by atoms with Crippen molar-refractivity contribution < 1.29 is 18.0 Å². The normalized spacial score (nSPS) is 20.9. The predicted octanol–water partition coefficient (Wildman–Crippen LogP) is 7.38. The summed E-state index contributed by atoms with van der Waals surface area (Å²) >= 11 is 0. The third-order valence-electron chi connectivity index (χ3n) is 7.24. The Balaban J connectivity index is 1.60. The van der Waals surface area contributed by atoms with Crippen molar-refractivity contribution in [3.8, 4) is 11.3 Å². The van der Waals surface area contributed by atoms with Gasteiger partial charge in [-0.3, -0.25) is 9.78 Å². The Hall–Kier alpha value is -3.22. The SMILES string of the molecule is CCC(C)C1CC(C)CC(c2ccncc2NC(=O)c2ccc(F)c(-c3ccc(F)cc3F)n2)C1. The van der Waals surface area contributed by atoms with Gasteiger partial charge in [-0.1, -0.05) is 27.2 Å². The molecule has 4 atom stereocenters. The monoisotopic (exact) mass is 481 g/mol. The molecule has 0 aliphatic heterocycles. The molecular weight excluding hydrogens is 451 g/mol. The van der Waals surface area contributed by atoms with E-state index in [2.05, 4.69) is 36.1 Å². The number of aromatic nitrogens is 2. The largest absolute Gasteiger partial charge is 0.319 e. The number of amides is 1. The lowest BCUT2D eigenvalue weighted by Gasteiger charge is -2.37. The van der Waals surface area contributed by atoms with Gasteiger partial charge in [-0.05, 0) is 78.8 Å². The van der Waals surface area contributed by atoms with Crippen molar-refractivity contribution in [3.05, 3.63) is 77.5 Å². The number of benzene rings is 1. The van der Waals surface area contributed by atoms with Crippen molar-refractivity contribution in [1.29, 1.82) is 0 Å². The highest BCUT2D eigenvalue weighted by Crippen LogP contribution is 2.44. The van der Waals surface area contributed by atoms with Gasteiger partial charge in [0.05, 0.1) is 11.9 Å². The maximum Gasteiger partial charge on any atom is 0.274 e. The number of carbonyl (C=O) groups excluding carboxylic acids is 1. The number of carbonyl (C=O) groups is 1. The fraction of sp³-hybridized carbons (Fsp3) is 0.393. The van der Waals surface area contributed by atoms with Crippen LogP contribution in [-0.2, 0) is 0 Å². The van der Waals surface area contributed by atoms with Crippen LogP contribution in [-0.4, -0.2) is 15.9 Å². The molecule has 4 unspecified atom stereocenters. The van der Waals surface area contributed by atoms with Crippen molar-refractivity contribution in [2.45, 2.75) is 52.4 Å². The van der Waals surface area contributed by atoms with Crippen LogP contribution in [0.4, 0.5) is 18.9 Å². The van der Waals surface area contributed by atoms with Gasteiger partial charge in [0.15, 0.2) is 0 Å². The zero-order chi connectivity index (χ0) is 25.1. The van der Waals surface area contributed by atoms with Crippen molar-refractivity contribution in [2.24, 2.45) is 17.8 Å². The average Bonchev–Trinajstić information content (AvgIpc) is 2.84. The van der Waals surface area contributed by atoms with Gasteiger partial charge >= 0.3 is 0 Å². The third-order valence-corrected chi connectivity index (χ3v) is 7.24. The van der Waals surface area contributed by atoms with E-state index in [-0.39, 0.29) is 17.0 Å². The molecule has 3 aromatic rings. The van der Waals surface area contributed by atoms with Gasteiger partial charge in [0, 0.05) is 17.8 Å². The van der Waals surface area contributed by atoms with Crippen LogP contribution in [0.25, 0.3) is 11.3 Å². The van der Waals surface area contributed by atoms with Crippen LogP contribution in [0.1, 0.15) is 68.4 Å². The van der Waals surface area contributed by atoms with Gasteiger partial charge in [0.2, 0.25) is 0 Å². The Bertz CT molecular complexity index is 1220. The molecule has 1 fully saturated rings. The summed E-state index contributed by atoms with van der Waals surface area (Å²) in [7, 11) is 0. The van der Waals surface area contributed by atoms with Crippen molar-refractivity contribution in [1.82, 2.24) is 9.97 Å². The maximum absolute atomic E-state index is 14.4. The summed E-state index contributed by atoms with van der Waals surface area (Å²) in [5, 5.41) is 2.88. The zero-order valence-corrected chi connectivity index (χ0v) is 20.2. The molecule has 4 rings (SSSR count). The summed E-state index contributed by atoms with van der Waals surface area (Å²) in [6.07, 6.45) is 7.78. The van der Waals surface area contributed by atoms with E-state index in [9.17, 15) is 18.0 Å². The highest BCUT2D eigenvalue weighted by molar-refractivity contribution is 6.03. The summed E-state index contributed by atoms with van der Waals surface area (Å²) in [4.78, 5) is 21.3. The van der Waals surface area contributed by atoms with Crippen molar-refractivity contribution in [3.63, 3.8) is 0 Å². The van der Waals surface area contributed by atoms with Gasteiger partial charge < -0.3 is 5.32 Å². The molecule has 35 heavy (non-hydrogen) atoms. The van der Waals surface area contributed by atoms with E-state index in [1.54, 1.807) is 12.4 Å². The van der Waals surface area contributed by atoms with E-state index >= 15 is 0 Å². The predicted molar refractivity (Wildman–Crippen MR) is 130 cm³/mol. The molecule has 1 aliphatic carbocycles. The minimum atomic E-state index is -0.953. The van der Waals surface area contributed by atoms with Crippen LogP contribution in [0.2, 0.25) is 0 Å². The van der Waals surface area contributed by atoms with E-state index in [1.165, 1.54) is 12.5 Å². The molecule has 1 amide bonds. The fourth-order valence-corrected chi connectivity index (χ4v) is 5.20. The minimum Gasteiger partial charge on any atom is -0.319 e. The molecule has 184 valence electrons. The second kappa shape index (κ2) is 10.6. The first-order valence-corrected chi connectivity index (χ1v) is 12.1. The van der Waals surface area contributed by atoms with Crippen molar-refractivity contribution in [2.75, 3.05) is 5.32 Å². The number of pyridine rings is 2. The summed E-state index contributed by atoms with van der Waals surface area (Å²) in [5.74, 6) is -0.960. The zero-order valence-electron chi connectivity index (χ0n) is 20.2. The Morgan fingerprint density at radius 3 is 2.63 bits per heavy atom. The Morgan fingerprint density at radius 1 is 1.09 bits per heavy atom. The second-order valence-electron chi connectivity index (χ2n) is 9.72. The van der Waals surface area contributed by atoms with E-state index in [4.69, 9.17) is 0 Å². The van der Waals surface area contributed by atoms with Crippen molar-refractivity contribution >= 4 is 11.6 Å². The molecular formula is C28H30F3N3O. The topological polar surface area (TPSA) is 54.9 Å². The fourth-order valence-electron chi connectivity index (χ4n) is 5.20. The number of nitrogens with one attached hydrogen (secondary N) is 1. The average molecular weight is 482 g/mol. The van der Waals surface area contributed by atoms with Crippen LogP contribution in [0.15, 0.2) is 48.8 Å². The van der Waals surface area contributed by atoms with Crippen LogP contribution in [0.5, 0.6) is 0 Å². The number of nitrogens with zero attached hydrogens (tertiary/aromatic N) is 2. The smallest absolute Gasteiger partial charge is 0.274 e. The molecule has 1 saturated carbocycles. The molecule has 0 spiro atoms. The summed E-state index contributed by atoms with van der Waals surface area (Å²) in [5.41, 5.74) is 0.988. The lowest BCUT2D eigenvalue weighted by molar-refractivity contribution is 0.102. The molecule has 0 radical (unpaired) electrons. The van der Waals surface area contributed by atoms with Crippen LogP contribution in [0, 0.1) is 35.2 Å². The van der Waals surface area contributed by atoms with Gasteiger partial charge in [-0.15, -0.1) is 0 Å². The van der Waals surface area contributed by atoms with E-state index in [0.29, 0.717) is 35.4 Å². The molecule has 2 heterocycles. The first kappa shape index (κ1) is 24.9. The number of hydrogen-bond donors (Lipinski definition) is 1. The van der Waals surface area contributed by atoms with E-state index < -0.39 is 23.4 Å². The Labute approximate surface area is 204 Å². The first-order valence-electron chi connectivity index (χ1n) is 12.1. The van der Waals surface area contributed by atoms with E-state index in [0.717, 1.165) is 43.0 Å². The quantitative estimate of drug-likeness (QED) is 0.400. The first-order chi connectivity index (χ1) is 16.8. The highest BCUT2D eigenvalue weighted by atomic mass is 19.1. The number of halogens is 3. The number of anilines is 1. The highest BCUT2D eigenvalue weighted by Gasteiger charge is 2.31. The Morgan fingerprint density at radius 2 is 1.89 bits per heavy atom. The molecule has 4 nitrogen and oxygen atoms in total. The molecule has 1 aliphatic rings. The van der Waals surface area contributed by atoms with Crippen LogP contribution >= 0.6 is 0 Å². The molecule has 1 aromatic carbocycles. The maximum atomic E-state index is 14.4. The van der Waals surface area contributed by atoms with Gasteiger partial charge in [0.25, 0.3) is 5.91 Å². The molecule has 0 bridgehead atoms. The second-order valence-corrected chi connectivity index (χ2v) is 9.72. The Kier molecular flexibility index (Phi) is 7.53. The summed E-state index contributed by atoms with van der Waals surface area (Å²) < 4.78 is 42.0. The van der Waals surface area contributed by atoms with Gasteiger partial charge in [-0.25, -0.2) is 18.2 Å². The van der Waals surface area contributed by atoms with E-state index in [1.807, 2.05) is 6.07 Å². The molecule has 0 saturated heterocycles. The lowest BCUT2D eigenvalue weighted by atomic mass is 9.69. The molecule has 7 heteroatoms. The molecule has 2 aromatic heterocycles. The van der Waals surface area contributed by atoms with Crippen LogP contribution in [0.3, 0.4) is 0 Å². The number of rotatable bonds is 6. The summed E-state index contributed by atoms with van der Waals surface area (Å²) in [6.45, 7) is 6.80. The third kappa shape index (κ3) is 5.55. The van der Waals surface area contributed by atoms with Gasteiger partial charge in [-0.2, -0.15) is 0 Å². The molecule has 1 N–H and O–H groups in total. The van der Waals surface area contributed by atoms with Gasteiger partial charge in [0.1, 0.15) is 28.8 Å². The number of hydrogen-bond acceptors (Lipinski definition) is 3. The lowest BCUT2D eigenvalue weighted by Crippen LogP contribution is -2.25.